The highest BCUT2D eigenvalue weighted by molar-refractivity contribution is 5.36. The molecule has 3 nitrogen and oxygen atoms in total. The van der Waals surface area contributed by atoms with Crippen molar-refractivity contribution in [2.75, 3.05) is 0 Å². The van der Waals surface area contributed by atoms with Crippen LogP contribution in [0.2, 0.25) is 0 Å². The SMILES string of the molecule is CCc1nnc(C)cc1C(N)c1ccc(C(F)(F)F)cc1. The highest BCUT2D eigenvalue weighted by atomic mass is 19.4. The van der Waals surface area contributed by atoms with Crippen molar-refractivity contribution in [3.8, 4) is 0 Å². The average molecular weight is 295 g/mol. The number of nitrogens with zero attached hydrogens (tertiary/aromatic N) is 2. The fraction of sp³-hybridized carbons (Fsp3) is 0.333. The Balaban J connectivity index is 2.36. The van der Waals surface area contributed by atoms with Gasteiger partial charge in [-0.15, -0.1) is 0 Å². The summed E-state index contributed by atoms with van der Waals surface area (Å²) in [6, 6.07) is 6.21. The van der Waals surface area contributed by atoms with Crippen LogP contribution in [0.25, 0.3) is 0 Å². The number of hydrogen-bond donors (Lipinski definition) is 1. The number of alkyl halides is 3. The van der Waals surface area contributed by atoms with Crippen LogP contribution in [0.4, 0.5) is 13.2 Å². The first-order valence-electron chi connectivity index (χ1n) is 6.58. The number of nitrogens with two attached hydrogens (primary N) is 1. The van der Waals surface area contributed by atoms with E-state index in [9.17, 15) is 13.2 Å². The molecule has 0 saturated heterocycles. The summed E-state index contributed by atoms with van der Waals surface area (Å²) >= 11 is 0. The standard InChI is InChI=1S/C15H16F3N3/c1-3-13-12(8-9(2)20-21-13)14(19)10-4-6-11(7-5-10)15(16,17)18/h4-8,14H,3,19H2,1-2H3. The van der Waals surface area contributed by atoms with Gasteiger partial charge in [-0.25, -0.2) is 0 Å². The summed E-state index contributed by atoms with van der Waals surface area (Å²) in [6.45, 7) is 3.73. The van der Waals surface area contributed by atoms with E-state index in [1.165, 1.54) is 12.1 Å². The molecule has 0 spiro atoms. The molecule has 0 aliphatic rings. The fourth-order valence-corrected chi connectivity index (χ4v) is 2.14. The minimum Gasteiger partial charge on any atom is -0.320 e. The molecule has 0 bridgehead atoms. The van der Waals surface area contributed by atoms with Crippen LogP contribution in [0.3, 0.4) is 0 Å². The number of benzene rings is 1. The Morgan fingerprint density at radius 1 is 1.14 bits per heavy atom. The molecule has 1 atom stereocenters. The highest BCUT2D eigenvalue weighted by Crippen LogP contribution is 2.31. The summed E-state index contributed by atoms with van der Waals surface area (Å²) in [6.07, 6.45) is -3.68. The first-order valence-corrected chi connectivity index (χ1v) is 6.58. The van der Waals surface area contributed by atoms with Crippen LogP contribution in [0.1, 0.15) is 41.0 Å². The molecule has 1 aromatic carbocycles. The number of aromatic nitrogens is 2. The van der Waals surface area contributed by atoms with Gasteiger partial charge in [-0.3, -0.25) is 0 Å². The van der Waals surface area contributed by atoms with Crippen LogP contribution in [-0.2, 0) is 12.6 Å². The van der Waals surface area contributed by atoms with Gasteiger partial charge in [-0.1, -0.05) is 19.1 Å². The van der Waals surface area contributed by atoms with Crippen molar-refractivity contribution in [2.24, 2.45) is 5.73 Å². The predicted octanol–water partition coefficient (Wildman–Crippen LogP) is 3.41. The van der Waals surface area contributed by atoms with Gasteiger partial charge in [-0.2, -0.15) is 23.4 Å². The van der Waals surface area contributed by atoms with Gasteiger partial charge in [0.15, 0.2) is 0 Å². The third-order valence-corrected chi connectivity index (χ3v) is 3.29. The maximum absolute atomic E-state index is 12.6. The van der Waals surface area contributed by atoms with E-state index < -0.39 is 17.8 Å². The third kappa shape index (κ3) is 3.39. The van der Waals surface area contributed by atoms with E-state index in [4.69, 9.17) is 5.73 Å². The monoisotopic (exact) mass is 295 g/mol. The molecular weight excluding hydrogens is 279 g/mol. The average Bonchev–Trinajstić information content (AvgIpc) is 2.45. The van der Waals surface area contributed by atoms with Crippen molar-refractivity contribution in [1.29, 1.82) is 0 Å². The number of halogens is 3. The second-order valence-electron chi connectivity index (χ2n) is 4.84. The lowest BCUT2D eigenvalue weighted by Gasteiger charge is -2.16. The van der Waals surface area contributed by atoms with Crippen molar-refractivity contribution < 1.29 is 13.2 Å². The Kier molecular flexibility index (Phi) is 4.27. The summed E-state index contributed by atoms with van der Waals surface area (Å²) < 4.78 is 37.7. The Bertz CT molecular complexity index is 621. The number of rotatable bonds is 3. The molecule has 6 heteroatoms. The number of aryl methyl sites for hydroxylation is 2. The minimum atomic E-state index is -4.34. The smallest absolute Gasteiger partial charge is 0.320 e. The first-order chi connectivity index (χ1) is 9.82. The van der Waals surface area contributed by atoms with Gasteiger partial charge in [0.25, 0.3) is 0 Å². The summed E-state index contributed by atoms with van der Waals surface area (Å²) in [7, 11) is 0. The fourth-order valence-electron chi connectivity index (χ4n) is 2.14. The van der Waals surface area contributed by atoms with Crippen LogP contribution in [0.5, 0.6) is 0 Å². The maximum Gasteiger partial charge on any atom is 0.416 e. The van der Waals surface area contributed by atoms with Gasteiger partial charge in [0, 0.05) is 0 Å². The molecule has 0 fully saturated rings. The van der Waals surface area contributed by atoms with Crippen LogP contribution in [0.15, 0.2) is 30.3 Å². The van der Waals surface area contributed by atoms with E-state index in [1.807, 2.05) is 13.0 Å². The molecule has 0 aliphatic carbocycles. The Hall–Kier alpha value is -1.95. The van der Waals surface area contributed by atoms with Crippen molar-refractivity contribution in [3.63, 3.8) is 0 Å². The molecular formula is C15H16F3N3. The van der Waals surface area contributed by atoms with Crippen molar-refractivity contribution in [2.45, 2.75) is 32.5 Å². The molecule has 112 valence electrons. The van der Waals surface area contributed by atoms with Crippen LogP contribution >= 0.6 is 0 Å². The van der Waals surface area contributed by atoms with Crippen molar-refractivity contribution in [1.82, 2.24) is 10.2 Å². The molecule has 21 heavy (non-hydrogen) atoms. The van der Waals surface area contributed by atoms with E-state index in [-0.39, 0.29) is 0 Å². The van der Waals surface area contributed by atoms with Crippen molar-refractivity contribution in [3.05, 3.63) is 58.4 Å². The van der Waals surface area contributed by atoms with Crippen LogP contribution in [0, 0.1) is 6.92 Å². The Morgan fingerprint density at radius 3 is 2.29 bits per heavy atom. The lowest BCUT2D eigenvalue weighted by molar-refractivity contribution is -0.137. The van der Waals surface area contributed by atoms with Crippen LogP contribution < -0.4 is 5.73 Å². The van der Waals surface area contributed by atoms with Gasteiger partial charge in [0.1, 0.15) is 0 Å². The maximum atomic E-state index is 12.6. The van der Waals surface area contributed by atoms with E-state index in [0.29, 0.717) is 12.0 Å². The van der Waals surface area contributed by atoms with Gasteiger partial charge in [0.2, 0.25) is 0 Å². The minimum absolute atomic E-state index is 0.517. The molecule has 2 rings (SSSR count). The van der Waals surface area contributed by atoms with Gasteiger partial charge in [0.05, 0.1) is 23.0 Å². The van der Waals surface area contributed by atoms with Gasteiger partial charge < -0.3 is 5.73 Å². The normalized spacial score (nSPS) is 13.2. The molecule has 0 aliphatic heterocycles. The first kappa shape index (κ1) is 15.4. The topological polar surface area (TPSA) is 51.8 Å². The lowest BCUT2D eigenvalue weighted by Crippen LogP contribution is -2.16. The molecule has 0 saturated carbocycles. The third-order valence-electron chi connectivity index (χ3n) is 3.29. The summed E-state index contributed by atoms with van der Waals surface area (Å²) in [4.78, 5) is 0. The molecule has 2 aromatic rings. The zero-order chi connectivity index (χ0) is 15.6. The van der Waals surface area contributed by atoms with Crippen LogP contribution in [-0.4, -0.2) is 10.2 Å². The summed E-state index contributed by atoms with van der Waals surface area (Å²) in [5, 5.41) is 8.07. The molecule has 2 N–H and O–H groups in total. The van der Waals surface area contributed by atoms with Gasteiger partial charge in [-0.05, 0) is 42.7 Å². The Labute approximate surface area is 121 Å². The van der Waals surface area contributed by atoms with E-state index in [1.54, 1.807) is 6.92 Å². The van der Waals surface area contributed by atoms with E-state index in [2.05, 4.69) is 10.2 Å². The quantitative estimate of drug-likeness (QED) is 0.944. The zero-order valence-corrected chi connectivity index (χ0v) is 11.8. The molecule has 0 radical (unpaired) electrons. The van der Waals surface area contributed by atoms with E-state index in [0.717, 1.165) is 29.1 Å². The second kappa shape index (κ2) is 5.81. The summed E-state index contributed by atoms with van der Waals surface area (Å²) in [5.74, 6) is 0. The van der Waals surface area contributed by atoms with Gasteiger partial charge >= 0.3 is 6.18 Å². The molecule has 1 heterocycles. The largest absolute Gasteiger partial charge is 0.416 e. The summed E-state index contributed by atoms with van der Waals surface area (Å²) in [5.41, 5.74) is 8.39. The zero-order valence-electron chi connectivity index (χ0n) is 11.8. The highest BCUT2D eigenvalue weighted by Gasteiger charge is 2.30. The predicted molar refractivity (Wildman–Crippen MR) is 73.6 cm³/mol. The Morgan fingerprint density at radius 2 is 1.76 bits per heavy atom. The molecule has 1 unspecified atom stereocenters. The van der Waals surface area contributed by atoms with Crippen molar-refractivity contribution >= 4 is 0 Å². The molecule has 0 amide bonds. The number of hydrogen-bond acceptors (Lipinski definition) is 3. The van der Waals surface area contributed by atoms with E-state index >= 15 is 0 Å². The molecule has 1 aromatic heterocycles. The lowest BCUT2D eigenvalue weighted by atomic mass is 9.96. The second-order valence-corrected chi connectivity index (χ2v) is 4.84.